The zero-order valence-electron chi connectivity index (χ0n) is 11.6. The molecule has 0 aliphatic heterocycles. The number of fused-ring (bicyclic) bond motifs is 1. The Kier molecular flexibility index (Phi) is 4.25. The smallest absolute Gasteiger partial charge is 0.244 e. The maximum atomic E-state index is 12.8. The normalized spacial score (nSPS) is 11.1. The number of hydrogen-bond acceptors (Lipinski definition) is 3. The molecule has 2 aromatic carbocycles. The van der Waals surface area contributed by atoms with E-state index in [1.807, 2.05) is 24.3 Å². The molecule has 3 nitrogen and oxygen atoms in total. The molecule has 110 valence electrons. The first-order valence-corrected chi connectivity index (χ1v) is 7.58. The molecule has 0 fully saturated rings. The number of nitrogens with zero attached hydrogens (tertiary/aromatic N) is 1. The van der Waals surface area contributed by atoms with Crippen LogP contribution in [0.1, 0.15) is 10.6 Å². The van der Waals surface area contributed by atoms with E-state index in [0.29, 0.717) is 6.54 Å². The van der Waals surface area contributed by atoms with Gasteiger partial charge in [0.2, 0.25) is 5.91 Å². The van der Waals surface area contributed by atoms with E-state index in [9.17, 15) is 9.18 Å². The summed E-state index contributed by atoms with van der Waals surface area (Å²) in [7, 11) is 0. The average molecular weight is 312 g/mol. The topological polar surface area (TPSA) is 42.0 Å². The lowest BCUT2D eigenvalue weighted by Crippen LogP contribution is -2.19. The molecule has 3 aromatic rings. The van der Waals surface area contributed by atoms with Crippen molar-refractivity contribution < 1.29 is 9.18 Å². The summed E-state index contributed by atoms with van der Waals surface area (Å²) >= 11 is 1.56. The van der Waals surface area contributed by atoms with Gasteiger partial charge < -0.3 is 5.32 Å². The molecule has 0 atom stereocenters. The Bertz CT molecular complexity index is 791. The molecule has 5 heteroatoms. The van der Waals surface area contributed by atoms with Crippen molar-refractivity contribution in [1.82, 2.24) is 10.3 Å². The quantitative estimate of drug-likeness (QED) is 0.745. The molecule has 0 aliphatic carbocycles. The Hall–Kier alpha value is -2.53. The van der Waals surface area contributed by atoms with Gasteiger partial charge in [-0.05, 0) is 35.9 Å². The fourth-order valence-electron chi connectivity index (χ4n) is 1.96. The number of carbonyl (C=O) groups excluding carboxylic acids is 1. The summed E-state index contributed by atoms with van der Waals surface area (Å²) in [6.45, 7) is 0.395. The lowest BCUT2D eigenvalue weighted by atomic mass is 10.2. The predicted molar refractivity (Wildman–Crippen MR) is 86.9 cm³/mol. The second-order valence-corrected chi connectivity index (χ2v) is 5.79. The van der Waals surface area contributed by atoms with E-state index in [2.05, 4.69) is 10.3 Å². The second-order valence-electron chi connectivity index (χ2n) is 4.68. The SMILES string of the molecule is O=C(/C=C/c1ccc(F)cc1)NCc1nc2ccccc2s1. The van der Waals surface area contributed by atoms with Crippen LogP contribution in [0.3, 0.4) is 0 Å². The minimum atomic E-state index is -0.294. The zero-order chi connectivity index (χ0) is 15.4. The van der Waals surface area contributed by atoms with Crippen LogP contribution in [0.2, 0.25) is 0 Å². The molecule has 0 unspecified atom stereocenters. The Morgan fingerprint density at radius 2 is 1.95 bits per heavy atom. The number of halogens is 1. The number of hydrogen-bond donors (Lipinski definition) is 1. The van der Waals surface area contributed by atoms with E-state index in [1.54, 1.807) is 29.5 Å². The van der Waals surface area contributed by atoms with E-state index in [-0.39, 0.29) is 11.7 Å². The van der Waals surface area contributed by atoms with Crippen molar-refractivity contribution in [1.29, 1.82) is 0 Å². The zero-order valence-corrected chi connectivity index (χ0v) is 12.4. The maximum absolute atomic E-state index is 12.8. The van der Waals surface area contributed by atoms with Crippen LogP contribution in [0.4, 0.5) is 4.39 Å². The summed E-state index contributed by atoms with van der Waals surface area (Å²) in [6.07, 6.45) is 3.08. The lowest BCUT2D eigenvalue weighted by molar-refractivity contribution is -0.116. The van der Waals surface area contributed by atoms with Crippen molar-refractivity contribution >= 4 is 33.5 Å². The molecule has 1 amide bonds. The lowest BCUT2D eigenvalue weighted by Gasteiger charge is -1.98. The van der Waals surface area contributed by atoms with Crippen LogP contribution in [0.25, 0.3) is 16.3 Å². The number of rotatable bonds is 4. The molecule has 1 N–H and O–H groups in total. The highest BCUT2D eigenvalue weighted by Gasteiger charge is 2.03. The van der Waals surface area contributed by atoms with Crippen LogP contribution >= 0.6 is 11.3 Å². The standard InChI is InChI=1S/C17H13FN2OS/c18-13-8-5-12(6-9-13)7-10-16(21)19-11-17-20-14-3-1-2-4-15(14)22-17/h1-10H,11H2,(H,19,21)/b10-7+. The summed E-state index contributed by atoms with van der Waals surface area (Å²) in [5.74, 6) is -0.499. The molecule has 0 aliphatic rings. The number of aromatic nitrogens is 1. The molecule has 0 saturated carbocycles. The first-order chi connectivity index (χ1) is 10.7. The highest BCUT2D eigenvalue weighted by atomic mass is 32.1. The van der Waals surface area contributed by atoms with E-state index in [1.165, 1.54) is 18.2 Å². The highest BCUT2D eigenvalue weighted by molar-refractivity contribution is 7.18. The van der Waals surface area contributed by atoms with Gasteiger partial charge in [-0.25, -0.2) is 9.37 Å². The molecular formula is C17H13FN2OS. The minimum Gasteiger partial charge on any atom is -0.346 e. The molecule has 1 aromatic heterocycles. The van der Waals surface area contributed by atoms with Gasteiger partial charge >= 0.3 is 0 Å². The third-order valence-corrected chi connectivity index (χ3v) is 4.09. The van der Waals surface area contributed by atoms with Crippen molar-refractivity contribution in [3.8, 4) is 0 Å². The fourth-order valence-corrected chi connectivity index (χ4v) is 2.87. The maximum Gasteiger partial charge on any atom is 0.244 e. The van der Waals surface area contributed by atoms with Gasteiger partial charge in [-0.1, -0.05) is 24.3 Å². The summed E-state index contributed by atoms with van der Waals surface area (Å²) in [6, 6.07) is 13.8. The van der Waals surface area contributed by atoms with Gasteiger partial charge in [0.1, 0.15) is 10.8 Å². The molecule has 1 heterocycles. The number of carbonyl (C=O) groups is 1. The van der Waals surface area contributed by atoms with Crippen LogP contribution in [0, 0.1) is 5.82 Å². The molecule has 3 rings (SSSR count). The summed E-state index contributed by atoms with van der Waals surface area (Å²) in [5, 5.41) is 3.66. The second kappa shape index (κ2) is 6.49. The summed E-state index contributed by atoms with van der Waals surface area (Å²) in [4.78, 5) is 16.2. The largest absolute Gasteiger partial charge is 0.346 e. The minimum absolute atomic E-state index is 0.205. The van der Waals surface area contributed by atoms with Gasteiger partial charge in [-0.2, -0.15) is 0 Å². The van der Waals surface area contributed by atoms with Gasteiger partial charge in [0.25, 0.3) is 0 Å². The molecule has 0 bridgehead atoms. The highest BCUT2D eigenvalue weighted by Crippen LogP contribution is 2.21. The van der Waals surface area contributed by atoms with Crippen molar-refractivity contribution in [2.45, 2.75) is 6.54 Å². The first-order valence-electron chi connectivity index (χ1n) is 6.77. The predicted octanol–water partition coefficient (Wildman–Crippen LogP) is 3.77. The van der Waals surface area contributed by atoms with Crippen LogP contribution < -0.4 is 5.32 Å². The number of para-hydroxylation sites is 1. The Labute approximate surface area is 131 Å². The van der Waals surface area contributed by atoms with Crippen LogP contribution in [-0.2, 0) is 11.3 Å². The van der Waals surface area contributed by atoms with Crippen molar-refractivity contribution in [3.05, 3.63) is 71.0 Å². The molecule has 0 radical (unpaired) electrons. The van der Waals surface area contributed by atoms with Gasteiger partial charge in [0.05, 0.1) is 16.8 Å². The Morgan fingerprint density at radius 3 is 2.73 bits per heavy atom. The average Bonchev–Trinajstić information content (AvgIpc) is 2.95. The fraction of sp³-hybridized carbons (Fsp3) is 0.0588. The number of nitrogens with one attached hydrogen (secondary N) is 1. The Morgan fingerprint density at radius 1 is 1.18 bits per heavy atom. The van der Waals surface area contributed by atoms with Crippen molar-refractivity contribution in [2.24, 2.45) is 0 Å². The number of amides is 1. The van der Waals surface area contributed by atoms with Crippen molar-refractivity contribution in [2.75, 3.05) is 0 Å². The van der Waals surface area contributed by atoms with Gasteiger partial charge in [-0.15, -0.1) is 11.3 Å². The number of benzene rings is 2. The van der Waals surface area contributed by atoms with E-state index >= 15 is 0 Å². The van der Waals surface area contributed by atoms with Crippen LogP contribution in [0.5, 0.6) is 0 Å². The van der Waals surface area contributed by atoms with Crippen molar-refractivity contribution in [3.63, 3.8) is 0 Å². The summed E-state index contributed by atoms with van der Waals surface area (Å²) < 4.78 is 13.9. The Balaban J connectivity index is 1.58. The third kappa shape index (κ3) is 3.56. The van der Waals surface area contributed by atoms with E-state index < -0.39 is 0 Å². The number of thiazole rings is 1. The van der Waals surface area contributed by atoms with Gasteiger partial charge in [0.15, 0.2) is 0 Å². The van der Waals surface area contributed by atoms with Gasteiger partial charge in [-0.3, -0.25) is 4.79 Å². The third-order valence-electron chi connectivity index (χ3n) is 3.05. The first kappa shape index (κ1) is 14.4. The van der Waals surface area contributed by atoms with Crippen LogP contribution in [-0.4, -0.2) is 10.9 Å². The monoisotopic (exact) mass is 312 g/mol. The van der Waals surface area contributed by atoms with Crippen LogP contribution in [0.15, 0.2) is 54.6 Å². The van der Waals surface area contributed by atoms with E-state index in [4.69, 9.17) is 0 Å². The molecule has 0 spiro atoms. The molecule has 0 saturated heterocycles. The van der Waals surface area contributed by atoms with E-state index in [0.717, 1.165) is 20.8 Å². The van der Waals surface area contributed by atoms with Gasteiger partial charge in [0, 0.05) is 6.08 Å². The molecular weight excluding hydrogens is 299 g/mol. The molecule has 22 heavy (non-hydrogen) atoms. The summed E-state index contributed by atoms with van der Waals surface area (Å²) in [5.41, 5.74) is 1.72.